The average Bonchev–Trinajstić information content (AvgIpc) is 2.72. The van der Waals surface area contributed by atoms with Crippen molar-refractivity contribution in [2.45, 2.75) is 31.8 Å². The summed E-state index contributed by atoms with van der Waals surface area (Å²) in [6.45, 7) is 0.984. The summed E-state index contributed by atoms with van der Waals surface area (Å²) in [6.07, 6.45) is 4.53. The van der Waals surface area contributed by atoms with Gasteiger partial charge in [-0.2, -0.15) is 0 Å². The van der Waals surface area contributed by atoms with Crippen LogP contribution in [0.25, 0.3) is 0 Å². The van der Waals surface area contributed by atoms with Crippen molar-refractivity contribution in [1.82, 2.24) is 5.32 Å². The molecular formula is C15H18ClN. The van der Waals surface area contributed by atoms with Gasteiger partial charge in [-0.3, -0.25) is 0 Å². The zero-order valence-electron chi connectivity index (χ0n) is 9.90. The maximum absolute atomic E-state index is 6.00. The second-order valence-corrected chi connectivity index (χ2v) is 6.46. The van der Waals surface area contributed by atoms with Gasteiger partial charge in [0.05, 0.1) is 0 Å². The van der Waals surface area contributed by atoms with Gasteiger partial charge in [0, 0.05) is 17.6 Å². The Kier molecular flexibility index (Phi) is 2.28. The first kappa shape index (κ1) is 10.4. The van der Waals surface area contributed by atoms with E-state index in [-0.39, 0.29) is 0 Å². The maximum atomic E-state index is 6.00. The number of hydrogen-bond acceptors (Lipinski definition) is 1. The van der Waals surface area contributed by atoms with E-state index in [0.717, 1.165) is 41.3 Å². The Labute approximate surface area is 108 Å². The minimum Gasteiger partial charge on any atom is -0.309 e. The second kappa shape index (κ2) is 3.73. The molecule has 1 nitrogen and oxygen atoms in total. The molecule has 0 aromatic heterocycles. The van der Waals surface area contributed by atoms with Crippen molar-refractivity contribution in [3.05, 3.63) is 34.9 Å². The third kappa shape index (κ3) is 1.63. The second-order valence-electron chi connectivity index (χ2n) is 6.02. The van der Waals surface area contributed by atoms with E-state index < -0.39 is 0 Å². The zero-order valence-corrected chi connectivity index (χ0v) is 10.7. The highest BCUT2D eigenvalue weighted by Crippen LogP contribution is 2.65. The van der Waals surface area contributed by atoms with Crippen LogP contribution in [0.4, 0.5) is 0 Å². The van der Waals surface area contributed by atoms with E-state index in [4.69, 9.17) is 11.6 Å². The lowest BCUT2D eigenvalue weighted by Crippen LogP contribution is -2.22. The van der Waals surface area contributed by atoms with Gasteiger partial charge in [-0.05, 0) is 60.6 Å². The number of halogens is 1. The molecule has 3 aliphatic rings. The van der Waals surface area contributed by atoms with Crippen molar-refractivity contribution in [3.8, 4) is 0 Å². The normalized spacial score (nSPS) is 41.6. The lowest BCUT2D eigenvalue weighted by Gasteiger charge is -2.10. The molecule has 2 bridgehead atoms. The van der Waals surface area contributed by atoms with E-state index in [1.807, 2.05) is 12.1 Å². The predicted molar refractivity (Wildman–Crippen MR) is 69.9 cm³/mol. The summed E-state index contributed by atoms with van der Waals surface area (Å²) >= 11 is 6.00. The third-order valence-corrected chi connectivity index (χ3v) is 5.40. The molecule has 0 heterocycles. The molecule has 4 unspecified atom stereocenters. The van der Waals surface area contributed by atoms with Crippen LogP contribution in [0, 0.1) is 23.7 Å². The molecule has 0 amide bonds. The Hall–Kier alpha value is -0.530. The number of fused-ring (bicyclic) bond motifs is 5. The lowest BCUT2D eigenvalue weighted by atomic mass is 10.0. The van der Waals surface area contributed by atoms with Crippen LogP contribution in [-0.4, -0.2) is 6.04 Å². The van der Waals surface area contributed by atoms with Crippen LogP contribution in [0.5, 0.6) is 0 Å². The highest BCUT2D eigenvalue weighted by atomic mass is 35.5. The Bertz CT molecular complexity index is 428. The van der Waals surface area contributed by atoms with Gasteiger partial charge in [-0.15, -0.1) is 0 Å². The minimum absolute atomic E-state index is 0.820. The van der Waals surface area contributed by atoms with Gasteiger partial charge in [0.25, 0.3) is 0 Å². The Morgan fingerprint density at radius 2 is 1.94 bits per heavy atom. The molecule has 0 saturated heterocycles. The molecule has 2 heteroatoms. The zero-order chi connectivity index (χ0) is 11.4. The monoisotopic (exact) mass is 247 g/mol. The highest BCUT2D eigenvalue weighted by Gasteiger charge is 2.64. The number of benzene rings is 1. The van der Waals surface area contributed by atoms with Crippen molar-refractivity contribution in [3.63, 3.8) is 0 Å². The van der Waals surface area contributed by atoms with E-state index in [9.17, 15) is 0 Å². The van der Waals surface area contributed by atoms with Gasteiger partial charge in [0.15, 0.2) is 0 Å². The van der Waals surface area contributed by atoms with Gasteiger partial charge in [-0.25, -0.2) is 0 Å². The summed E-state index contributed by atoms with van der Waals surface area (Å²) in [5, 5.41) is 4.59. The van der Waals surface area contributed by atoms with Crippen LogP contribution in [-0.2, 0) is 6.54 Å². The molecule has 4 rings (SSSR count). The first-order valence-corrected chi connectivity index (χ1v) is 7.18. The molecule has 1 aromatic rings. The van der Waals surface area contributed by atoms with E-state index in [0.29, 0.717) is 0 Å². The van der Waals surface area contributed by atoms with Crippen LogP contribution in [0.15, 0.2) is 24.3 Å². The standard InChI is InChI=1S/C15H18ClN/c16-12-3-1-2-9(6-12)8-17-15-13-10-4-5-11(7-10)14(13)15/h1-3,6,10-11,13-15,17H,4-5,7-8H2. The molecule has 3 saturated carbocycles. The van der Waals surface area contributed by atoms with Crippen molar-refractivity contribution in [2.24, 2.45) is 23.7 Å². The fourth-order valence-electron chi connectivity index (χ4n) is 4.48. The molecule has 3 aliphatic carbocycles. The van der Waals surface area contributed by atoms with Crippen LogP contribution >= 0.6 is 11.6 Å². The van der Waals surface area contributed by atoms with E-state index in [2.05, 4.69) is 17.4 Å². The van der Waals surface area contributed by atoms with E-state index in [1.165, 1.54) is 24.8 Å². The van der Waals surface area contributed by atoms with Crippen molar-refractivity contribution in [2.75, 3.05) is 0 Å². The Morgan fingerprint density at radius 3 is 2.65 bits per heavy atom. The largest absolute Gasteiger partial charge is 0.309 e. The molecule has 1 aromatic carbocycles. The summed E-state index contributed by atoms with van der Waals surface area (Å²) < 4.78 is 0. The van der Waals surface area contributed by atoms with Gasteiger partial charge < -0.3 is 5.32 Å². The quantitative estimate of drug-likeness (QED) is 0.863. The Morgan fingerprint density at radius 1 is 1.18 bits per heavy atom. The average molecular weight is 248 g/mol. The number of nitrogens with one attached hydrogen (secondary N) is 1. The van der Waals surface area contributed by atoms with Gasteiger partial charge in [0.1, 0.15) is 0 Å². The molecule has 0 spiro atoms. The first-order chi connectivity index (χ1) is 8.33. The summed E-state index contributed by atoms with van der Waals surface area (Å²) in [6, 6.07) is 9.03. The summed E-state index contributed by atoms with van der Waals surface area (Å²) in [5.74, 6) is 4.16. The number of rotatable bonds is 3. The van der Waals surface area contributed by atoms with Gasteiger partial charge in [-0.1, -0.05) is 23.7 Å². The summed E-state index contributed by atoms with van der Waals surface area (Å²) in [4.78, 5) is 0. The smallest absolute Gasteiger partial charge is 0.0409 e. The summed E-state index contributed by atoms with van der Waals surface area (Å²) in [7, 11) is 0. The van der Waals surface area contributed by atoms with E-state index >= 15 is 0 Å². The molecule has 0 aliphatic heterocycles. The molecular weight excluding hydrogens is 230 g/mol. The first-order valence-electron chi connectivity index (χ1n) is 6.81. The molecule has 17 heavy (non-hydrogen) atoms. The van der Waals surface area contributed by atoms with Gasteiger partial charge in [0.2, 0.25) is 0 Å². The molecule has 3 fully saturated rings. The van der Waals surface area contributed by atoms with Crippen molar-refractivity contribution < 1.29 is 0 Å². The summed E-state index contributed by atoms with van der Waals surface area (Å²) in [5.41, 5.74) is 1.31. The fourth-order valence-corrected chi connectivity index (χ4v) is 4.69. The number of hydrogen-bond donors (Lipinski definition) is 1. The van der Waals surface area contributed by atoms with E-state index in [1.54, 1.807) is 0 Å². The van der Waals surface area contributed by atoms with Crippen LogP contribution in [0.2, 0.25) is 5.02 Å². The molecule has 4 atom stereocenters. The van der Waals surface area contributed by atoms with Crippen molar-refractivity contribution in [1.29, 1.82) is 0 Å². The molecule has 0 radical (unpaired) electrons. The highest BCUT2D eigenvalue weighted by molar-refractivity contribution is 6.30. The van der Waals surface area contributed by atoms with Crippen molar-refractivity contribution >= 4 is 11.6 Å². The molecule has 1 N–H and O–H groups in total. The van der Waals surface area contributed by atoms with Crippen LogP contribution in [0.1, 0.15) is 24.8 Å². The Balaban J connectivity index is 1.38. The van der Waals surface area contributed by atoms with Crippen LogP contribution < -0.4 is 5.32 Å². The maximum Gasteiger partial charge on any atom is 0.0409 e. The topological polar surface area (TPSA) is 12.0 Å². The molecule has 90 valence electrons. The fraction of sp³-hybridized carbons (Fsp3) is 0.600. The SMILES string of the molecule is Clc1cccc(CNC2C3C4CCC(C4)C23)c1. The lowest BCUT2D eigenvalue weighted by molar-refractivity contribution is 0.456. The third-order valence-electron chi connectivity index (χ3n) is 5.17. The van der Waals surface area contributed by atoms with Gasteiger partial charge >= 0.3 is 0 Å². The van der Waals surface area contributed by atoms with Crippen LogP contribution in [0.3, 0.4) is 0 Å². The minimum atomic E-state index is 0.820. The predicted octanol–water partition coefficient (Wildman–Crippen LogP) is 3.47.